The van der Waals surface area contributed by atoms with Gasteiger partial charge in [0.1, 0.15) is 0 Å². The van der Waals surface area contributed by atoms with Gasteiger partial charge in [-0.1, -0.05) is 56.7 Å². The van der Waals surface area contributed by atoms with Crippen molar-refractivity contribution >= 4 is 16.0 Å². The van der Waals surface area contributed by atoms with Gasteiger partial charge in [-0.25, -0.2) is 0 Å². The predicted octanol–water partition coefficient (Wildman–Crippen LogP) is 3.44. The third-order valence-corrected chi connectivity index (χ3v) is 6.84. The molecule has 0 bridgehead atoms. The van der Waals surface area contributed by atoms with Crippen molar-refractivity contribution in [1.29, 1.82) is 0 Å². The molecular formula is C21H34N2O4S. The normalized spacial score (nSPS) is 27.2. The molecule has 0 spiro atoms. The second-order valence-corrected chi connectivity index (χ2v) is 9.52. The van der Waals surface area contributed by atoms with Gasteiger partial charge in [0.25, 0.3) is 10.1 Å². The Bertz CT molecular complexity index is 733. The van der Waals surface area contributed by atoms with E-state index in [1.165, 1.54) is 57.1 Å². The number of rotatable bonds is 5. The number of amides is 1. The second-order valence-electron chi connectivity index (χ2n) is 8.10. The Morgan fingerprint density at radius 1 is 1.21 bits per heavy atom. The van der Waals surface area contributed by atoms with Gasteiger partial charge in [0.2, 0.25) is 5.91 Å². The maximum atomic E-state index is 11.4. The van der Waals surface area contributed by atoms with Crippen molar-refractivity contribution in [3.8, 4) is 0 Å². The molecule has 1 aromatic carbocycles. The number of fused-ring (bicyclic) bond motifs is 1. The van der Waals surface area contributed by atoms with Crippen LogP contribution in [0.5, 0.6) is 0 Å². The van der Waals surface area contributed by atoms with Crippen LogP contribution >= 0.6 is 0 Å². The van der Waals surface area contributed by atoms with Crippen molar-refractivity contribution in [3.63, 3.8) is 0 Å². The summed E-state index contributed by atoms with van der Waals surface area (Å²) in [6.45, 7) is 4.07. The fourth-order valence-corrected chi connectivity index (χ4v) is 4.92. The molecule has 4 N–H and O–H groups in total. The first-order valence-electron chi connectivity index (χ1n) is 10.3. The zero-order chi connectivity index (χ0) is 20.7. The maximum absolute atomic E-state index is 11.4. The summed E-state index contributed by atoms with van der Waals surface area (Å²) in [6.07, 6.45) is 10.0. The molecule has 1 saturated carbocycles. The SMILES string of the molecule is CCCCC1NC(C(N)=O)CC2CCCCC21.Cc1ccc(S(=O)(=O)O)cc1. The van der Waals surface area contributed by atoms with Crippen molar-refractivity contribution in [2.24, 2.45) is 17.6 Å². The van der Waals surface area contributed by atoms with Gasteiger partial charge in [-0.05, 0) is 50.2 Å². The Morgan fingerprint density at radius 2 is 1.86 bits per heavy atom. The molecule has 1 aromatic rings. The van der Waals surface area contributed by atoms with E-state index in [1.54, 1.807) is 12.1 Å². The number of piperidine rings is 1. The minimum absolute atomic E-state index is 0.0666. The first-order valence-corrected chi connectivity index (χ1v) is 11.8. The topological polar surface area (TPSA) is 109 Å². The van der Waals surface area contributed by atoms with Crippen LogP contribution in [-0.4, -0.2) is 31.0 Å². The summed E-state index contributed by atoms with van der Waals surface area (Å²) in [5.41, 5.74) is 6.43. The maximum Gasteiger partial charge on any atom is 0.294 e. The molecule has 1 amide bonds. The number of carbonyl (C=O) groups is 1. The highest BCUT2D eigenvalue weighted by Crippen LogP contribution is 2.39. The molecule has 3 rings (SSSR count). The van der Waals surface area contributed by atoms with Crippen molar-refractivity contribution < 1.29 is 17.8 Å². The molecule has 4 atom stereocenters. The number of carbonyl (C=O) groups excluding carboxylic acids is 1. The Morgan fingerprint density at radius 3 is 2.43 bits per heavy atom. The Kier molecular flexibility index (Phi) is 8.46. The first kappa shape index (κ1) is 22.8. The van der Waals surface area contributed by atoms with Crippen LogP contribution in [0.1, 0.15) is 63.9 Å². The predicted molar refractivity (Wildman–Crippen MR) is 110 cm³/mol. The van der Waals surface area contributed by atoms with Crippen LogP contribution in [-0.2, 0) is 14.9 Å². The summed E-state index contributed by atoms with van der Waals surface area (Å²) in [5, 5.41) is 3.51. The summed E-state index contributed by atoms with van der Waals surface area (Å²) in [7, 11) is -4.02. The first-order chi connectivity index (χ1) is 13.2. The largest absolute Gasteiger partial charge is 0.368 e. The van der Waals surface area contributed by atoms with Gasteiger partial charge >= 0.3 is 0 Å². The molecule has 2 fully saturated rings. The highest BCUT2D eigenvalue weighted by atomic mass is 32.2. The Balaban J connectivity index is 0.000000221. The third-order valence-electron chi connectivity index (χ3n) is 5.97. The fourth-order valence-electron chi connectivity index (χ4n) is 4.44. The standard InChI is InChI=1S/C14H26N2O.C7H8O3S/c1-2-3-8-12-11-7-5-4-6-10(11)9-13(16-12)14(15)17;1-6-2-4-7(5-3-6)11(8,9)10/h10-13,16H,2-9H2,1H3,(H2,15,17);2-5H,1H3,(H,8,9,10). The van der Waals surface area contributed by atoms with Crippen molar-refractivity contribution in [3.05, 3.63) is 29.8 Å². The van der Waals surface area contributed by atoms with Crippen LogP contribution < -0.4 is 11.1 Å². The number of unbranched alkanes of at least 4 members (excludes halogenated alkanes) is 1. The molecule has 28 heavy (non-hydrogen) atoms. The molecule has 7 heteroatoms. The van der Waals surface area contributed by atoms with E-state index in [2.05, 4.69) is 12.2 Å². The van der Waals surface area contributed by atoms with Crippen LogP contribution in [0.3, 0.4) is 0 Å². The number of hydrogen-bond donors (Lipinski definition) is 3. The van der Waals surface area contributed by atoms with Gasteiger partial charge < -0.3 is 11.1 Å². The molecule has 1 saturated heterocycles. The Labute approximate surface area is 169 Å². The number of nitrogens with two attached hydrogens (primary N) is 1. The molecule has 4 unspecified atom stereocenters. The Hall–Kier alpha value is -1.44. The number of aryl methyl sites for hydroxylation is 1. The number of primary amides is 1. The molecule has 0 radical (unpaired) electrons. The summed E-state index contributed by atoms with van der Waals surface area (Å²) in [5.74, 6) is 1.38. The van der Waals surface area contributed by atoms with E-state index < -0.39 is 10.1 Å². The molecule has 0 aromatic heterocycles. The monoisotopic (exact) mass is 410 g/mol. The van der Waals surface area contributed by atoms with Crippen molar-refractivity contribution in [1.82, 2.24) is 5.32 Å². The lowest BCUT2D eigenvalue weighted by Crippen LogP contribution is -2.56. The highest BCUT2D eigenvalue weighted by molar-refractivity contribution is 7.85. The van der Waals surface area contributed by atoms with E-state index in [4.69, 9.17) is 10.3 Å². The van der Waals surface area contributed by atoms with Gasteiger partial charge in [-0.15, -0.1) is 0 Å². The zero-order valence-corrected chi connectivity index (χ0v) is 17.7. The summed E-state index contributed by atoms with van der Waals surface area (Å²) in [4.78, 5) is 11.3. The minimum Gasteiger partial charge on any atom is -0.368 e. The van der Waals surface area contributed by atoms with Gasteiger partial charge in [0, 0.05) is 6.04 Å². The summed E-state index contributed by atoms with van der Waals surface area (Å²) in [6, 6.07) is 6.45. The lowest BCUT2D eigenvalue weighted by atomic mass is 9.69. The zero-order valence-electron chi connectivity index (χ0n) is 16.9. The van der Waals surface area contributed by atoms with Crippen LogP contribution in [0, 0.1) is 18.8 Å². The van der Waals surface area contributed by atoms with Crippen LogP contribution in [0.4, 0.5) is 0 Å². The van der Waals surface area contributed by atoms with Gasteiger partial charge in [-0.2, -0.15) is 8.42 Å². The van der Waals surface area contributed by atoms with E-state index in [1.807, 2.05) is 6.92 Å². The molecular weight excluding hydrogens is 376 g/mol. The van der Waals surface area contributed by atoms with Crippen LogP contribution in [0.2, 0.25) is 0 Å². The van der Waals surface area contributed by atoms with Gasteiger partial charge in [0.15, 0.2) is 0 Å². The average Bonchev–Trinajstić information content (AvgIpc) is 2.66. The van der Waals surface area contributed by atoms with E-state index in [-0.39, 0.29) is 16.8 Å². The minimum atomic E-state index is -4.02. The lowest BCUT2D eigenvalue weighted by Gasteiger charge is -2.45. The smallest absolute Gasteiger partial charge is 0.294 e. The summed E-state index contributed by atoms with van der Waals surface area (Å²) < 4.78 is 29.6. The van der Waals surface area contributed by atoms with E-state index >= 15 is 0 Å². The molecule has 1 heterocycles. The molecule has 1 aliphatic carbocycles. The van der Waals surface area contributed by atoms with Crippen molar-refractivity contribution in [2.75, 3.05) is 0 Å². The molecule has 2 aliphatic rings. The molecule has 158 valence electrons. The third kappa shape index (κ3) is 6.57. The lowest BCUT2D eigenvalue weighted by molar-refractivity contribution is -0.122. The highest BCUT2D eigenvalue weighted by Gasteiger charge is 2.39. The van der Waals surface area contributed by atoms with Crippen molar-refractivity contribution in [2.45, 2.75) is 82.2 Å². The number of nitrogens with one attached hydrogen (secondary N) is 1. The number of hydrogen-bond acceptors (Lipinski definition) is 4. The van der Waals surface area contributed by atoms with E-state index in [0.717, 1.165) is 23.8 Å². The quantitative estimate of drug-likeness (QED) is 0.644. The average molecular weight is 411 g/mol. The number of benzene rings is 1. The van der Waals surface area contributed by atoms with E-state index in [9.17, 15) is 13.2 Å². The van der Waals surface area contributed by atoms with Crippen LogP contribution in [0.25, 0.3) is 0 Å². The van der Waals surface area contributed by atoms with E-state index in [0.29, 0.717) is 6.04 Å². The summed E-state index contributed by atoms with van der Waals surface area (Å²) >= 11 is 0. The van der Waals surface area contributed by atoms with Crippen LogP contribution in [0.15, 0.2) is 29.2 Å². The fraction of sp³-hybridized carbons (Fsp3) is 0.667. The molecule has 1 aliphatic heterocycles. The second kappa shape index (κ2) is 10.4. The molecule has 6 nitrogen and oxygen atoms in total. The van der Waals surface area contributed by atoms with Gasteiger partial charge in [0.05, 0.1) is 10.9 Å². The van der Waals surface area contributed by atoms with Gasteiger partial charge in [-0.3, -0.25) is 9.35 Å².